The molecule has 7 nitrogen and oxygen atoms in total. The molecule has 1 aromatic heterocycles. The van der Waals surface area contributed by atoms with Crippen LogP contribution in [0.4, 0.5) is 5.69 Å². The van der Waals surface area contributed by atoms with Gasteiger partial charge < -0.3 is 19.2 Å². The van der Waals surface area contributed by atoms with E-state index >= 15 is 0 Å². The van der Waals surface area contributed by atoms with Crippen LogP contribution in [-0.2, 0) is 16.1 Å². The zero-order valence-electron chi connectivity index (χ0n) is 16.8. The van der Waals surface area contributed by atoms with Gasteiger partial charge >= 0.3 is 5.63 Å². The quantitative estimate of drug-likeness (QED) is 0.632. The van der Waals surface area contributed by atoms with Crippen molar-refractivity contribution in [1.82, 2.24) is 4.90 Å². The lowest BCUT2D eigenvalue weighted by Gasteiger charge is -2.27. The molecular formula is C23H24N2O5. The van der Waals surface area contributed by atoms with Gasteiger partial charge in [-0.05, 0) is 36.8 Å². The zero-order chi connectivity index (χ0) is 20.9. The first-order chi connectivity index (χ1) is 14.6. The Labute approximate surface area is 174 Å². The number of anilines is 1. The summed E-state index contributed by atoms with van der Waals surface area (Å²) in [5.41, 5.74) is 1.81. The molecule has 1 saturated heterocycles. The third kappa shape index (κ3) is 4.87. The van der Waals surface area contributed by atoms with Gasteiger partial charge in [-0.3, -0.25) is 9.69 Å². The molecule has 3 aromatic rings. The summed E-state index contributed by atoms with van der Waals surface area (Å²) >= 11 is 0. The number of hydrogen-bond acceptors (Lipinski definition) is 6. The minimum absolute atomic E-state index is 0.251. The van der Waals surface area contributed by atoms with Gasteiger partial charge in [0.15, 0.2) is 6.10 Å². The predicted molar refractivity (Wildman–Crippen MR) is 114 cm³/mol. The van der Waals surface area contributed by atoms with Crippen LogP contribution in [0.3, 0.4) is 0 Å². The molecule has 156 valence electrons. The number of carbonyl (C=O) groups is 1. The van der Waals surface area contributed by atoms with E-state index in [1.807, 2.05) is 24.3 Å². The molecule has 1 N–H and O–H groups in total. The average Bonchev–Trinajstić information content (AvgIpc) is 2.75. The van der Waals surface area contributed by atoms with E-state index in [2.05, 4.69) is 10.2 Å². The van der Waals surface area contributed by atoms with E-state index in [1.165, 1.54) is 6.07 Å². The Morgan fingerprint density at radius 3 is 2.73 bits per heavy atom. The summed E-state index contributed by atoms with van der Waals surface area (Å²) in [4.78, 5) is 26.5. The van der Waals surface area contributed by atoms with Crippen molar-refractivity contribution >= 4 is 22.6 Å². The number of fused-ring (bicyclic) bond motifs is 1. The van der Waals surface area contributed by atoms with Crippen molar-refractivity contribution in [3.05, 3.63) is 70.6 Å². The second-order valence-electron chi connectivity index (χ2n) is 7.25. The van der Waals surface area contributed by atoms with Crippen molar-refractivity contribution in [2.75, 3.05) is 31.6 Å². The molecule has 0 spiro atoms. The normalized spacial score (nSPS) is 15.6. The molecule has 30 heavy (non-hydrogen) atoms. The van der Waals surface area contributed by atoms with Gasteiger partial charge in [-0.15, -0.1) is 0 Å². The number of nitrogens with one attached hydrogen (secondary N) is 1. The first-order valence-corrected chi connectivity index (χ1v) is 9.98. The number of benzene rings is 2. The Morgan fingerprint density at radius 1 is 1.13 bits per heavy atom. The molecular weight excluding hydrogens is 384 g/mol. The second-order valence-corrected chi connectivity index (χ2v) is 7.25. The highest BCUT2D eigenvalue weighted by Crippen LogP contribution is 2.22. The van der Waals surface area contributed by atoms with Gasteiger partial charge in [-0.2, -0.15) is 0 Å². The van der Waals surface area contributed by atoms with Gasteiger partial charge in [-0.1, -0.05) is 18.2 Å². The molecule has 4 rings (SSSR count). The average molecular weight is 408 g/mol. The van der Waals surface area contributed by atoms with Crippen molar-refractivity contribution < 1.29 is 18.7 Å². The van der Waals surface area contributed by atoms with Crippen molar-refractivity contribution in [2.45, 2.75) is 19.6 Å². The van der Waals surface area contributed by atoms with Crippen LogP contribution in [0, 0.1) is 0 Å². The van der Waals surface area contributed by atoms with Crippen LogP contribution in [0.1, 0.15) is 12.5 Å². The molecule has 1 atom stereocenters. The van der Waals surface area contributed by atoms with Gasteiger partial charge in [0.2, 0.25) is 0 Å². The summed E-state index contributed by atoms with van der Waals surface area (Å²) in [5, 5.41) is 3.76. The van der Waals surface area contributed by atoms with Crippen LogP contribution in [-0.4, -0.2) is 43.2 Å². The highest BCUT2D eigenvalue weighted by molar-refractivity contribution is 5.94. The van der Waals surface area contributed by atoms with E-state index in [4.69, 9.17) is 13.9 Å². The van der Waals surface area contributed by atoms with E-state index < -0.39 is 11.7 Å². The fraction of sp³-hybridized carbons (Fsp3) is 0.304. The molecule has 1 amide bonds. The first kappa shape index (κ1) is 20.1. The third-order valence-corrected chi connectivity index (χ3v) is 5.05. The van der Waals surface area contributed by atoms with Gasteiger partial charge in [-0.25, -0.2) is 4.79 Å². The molecule has 1 fully saturated rings. The molecule has 1 aliphatic heterocycles. The second kappa shape index (κ2) is 9.11. The summed E-state index contributed by atoms with van der Waals surface area (Å²) in [6.07, 6.45) is -0.727. The van der Waals surface area contributed by atoms with Gasteiger partial charge in [0.05, 0.1) is 13.2 Å². The monoisotopic (exact) mass is 408 g/mol. The Balaban J connectivity index is 1.43. The van der Waals surface area contributed by atoms with Crippen molar-refractivity contribution in [3.63, 3.8) is 0 Å². The summed E-state index contributed by atoms with van der Waals surface area (Å²) in [6.45, 7) is 5.64. The lowest BCUT2D eigenvalue weighted by atomic mass is 10.1. The molecule has 0 aliphatic carbocycles. The number of amides is 1. The van der Waals surface area contributed by atoms with Crippen LogP contribution in [0.5, 0.6) is 5.75 Å². The molecule has 1 unspecified atom stereocenters. The highest BCUT2D eigenvalue weighted by atomic mass is 16.5. The molecule has 1 aliphatic rings. The summed E-state index contributed by atoms with van der Waals surface area (Å²) < 4.78 is 16.4. The van der Waals surface area contributed by atoms with E-state index in [1.54, 1.807) is 31.2 Å². The molecule has 2 heterocycles. The van der Waals surface area contributed by atoms with E-state index in [0.29, 0.717) is 11.3 Å². The Bertz CT molecular complexity index is 1090. The van der Waals surface area contributed by atoms with Gasteiger partial charge in [0.1, 0.15) is 11.3 Å². The summed E-state index contributed by atoms with van der Waals surface area (Å²) in [5.74, 6) is 0.208. The Hall–Kier alpha value is -3.16. The number of carbonyl (C=O) groups excluding carboxylic acids is 1. The largest absolute Gasteiger partial charge is 0.481 e. The van der Waals surface area contributed by atoms with Crippen molar-refractivity contribution in [1.29, 1.82) is 0 Å². The van der Waals surface area contributed by atoms with Crippen LogP contribution < -0.4 is 15.7 Å². The maximum absolute atomic E-state index is 12.7. The number of morpholine rings is 1. The fourth-order valence-electron chi connectivity index (χ4n) is 3.39. The van der Waals surface area contributed by atoms with E-state index in [0.717, 1.165) is 49.5 Å². The minimum Gasteiger partial charge on any atom is -0.481 e. The molecule has 0 bridgehead atoms. The molecule has 2 aromatic carbocycles. The van der Waals surface area contributed by atoms with Crippen LogP contribution in [0.25, 0.3) is 11.0 Å². The molecule has 0 saturated carbocycles. The van der Waals surface area contributed by atoms with Crippen LogP contribution in [0.2, 0.25) is 0 Å². The number of rotatable bonds is 6. The highest BCUT2D eigenvalue weighted by Gasteiger charge is 2.18. The number of para-hydroxylation sites is 1. The van der Waals surface area contributed by atoms with Crippen LogP contribution >= 0.6 is 0 Å². The Morgan fingerprint density at radius 2 is 1.90 bits per heavy atom. The SMILES string of the molecule is CC(Oc1ccc2ccc(=O)oc2c1)C(=O)Nc1ccccc1CN1CCOCC1. The number of nitrogens with zero attached hydrogens (tertiary/aromatic N) is 1. The lowest BCUT2D eigenvalue weighted by Crippen LogP contribution is -2.36. The lowest BCUT2D eigenvalue weighted by molar-refractivity contribution is -0.122. The third-order valence-electron chi connectivity index (χ3n) is 5.05. The van der Waals surface area contributed by atoms with Crippen molar-refractivity contribution in [2.24, 2.45) is 0 Å². The predicted octanol–water partition coefficient (Wildman–Crippen LogP) is 3.03. The Kier molecular flexibility index (Phi) is 6.11. The maximum atomic E-state index is 12.7. The van der Waals surface area contributed by atoms with E-state index in [9.17, 15) is 9.59 Å². The topological polar surface area (TPSA) is 81.0 Å². The minimum atomic E-state index is -0.727. The van der Waals surface area contributed by atoms with Gasteiger partial charge in [0, 0.05) is 42.8 Å². The standard InChI is InChI=1S/C23H24N2O5/c1-16(29-19-8-6-17-7-9-22(26)30-21(17)14-19)23(27)24-20-5-3-2-4-18(20)15-25-10-12-28-13-11-25/h2-9,14,16H,10-13,15H2,1H3,(H,24,27). The maximum Gasteiger partial charge on any atom is 0.336 e. The van der Waals surface area contributed by atoms with E-state index in [-0.39, 0.29) is 5.91 Å². The van der Waals surface area contributed by atoms with Crippen LogP contribution in [0.15, 0.2) is 63.8 Å². The smallest absolute Gasteiger partial charge is 0.336 e. The zero-order valence-corrected chi connectivity index (χ0v) is 16.8. The molecule has 0 radical (unpaired) electrons. The number of ether oxygens (including phenoxy) is 2. The summed E-state index contributed by atoms with van der Waals surface area (Å²) in [6, 6.07) is 16.0. The molecule has 7 heteroatoms. The first-order valence-electron chi connectivity index (χ1n) is 9.98. The number of hydrogen-bond donors (Lipinski definition) is 1. The van der Waals surface area contributed by atoms with Gasteiger partial charge in [0.25, 0.3) is 5.91 Å². The fourth-order valence-corrected chi connectivity index (χ4v) is 3.39. The summed E-state index contributed by atoms with van der Waals surface area (Å²) in [7, 11) is 0. The van der Waals surface area contributed by atoms with Crippen molar-refractivity contribution in [3.8, 4) is 5.75 Å².